The molecule has 2 aromatic carbocycles. The molecule has 0 saturated carbocycles. The molecule has 1 unspecified atom stereocenters. The minimum atomic E-state index is -0.991. The van der Waals surface area contributed by atoms with Crippen molar-refractivity contribution in [3.63, 3.8) is 0 Å². The summed E-state index contributed by atoms with van der Waals surface area (Å²) in [5, 5.41) is 10.9. The molecule has 152 valence electrons. The Bertz CT molecular complexity index is 1090. The number of carbonyl (C=O) groups excluding carboxylic acids is 2. The minimum Gasteiger partial charge on any atom is -0.507 e. The third-order valence-corrected chi connectivity index (χ3v) is 5.16. The van der Waals surface area contributed by atoms with Crippen molar-refractivity contribution in [3.05, 3.63) is 95.8 Å². The number of aromatic nitrogens is 2. The van der Waals surface area contributed by atoms with Gasteiger partial charge in [0, 0.05) is 36.6 Å². The van der Waals surface area contributed by atoms with Crippen molar-refractivity contribution in [3.8, 4) is 0 Å². The standard InChI is InChI=1S/C23H20FN3O3/c24-18-10-5-4-9-17(18)20-19(21(28)16-7-2-1-3-8-16)22(29)23(30)27(20)13-6-12-26-14-11-25-15-26/h1-5,7-11,14-15,20,28H,6,12-13H2/b21-19+. The van der Waals surface area contributed by atoms with E-state index in [1.807, 2.05) is 4.57 Å². The summed E-state index contributed by atoms with van der Waals surface area (Å²) < 4.78 is 16.5. The highest BCUT2D eigenvalue weighted by atomic mass is 19.1. The molecule has 30 heavy (non-hydrogen) atoms. The number of amides is 1. The van der Waals surface area contributed by atoms with Gasteiger partial charge in [-0.1, -0.05) is 48.5 Å². The van der Waals surface area contributed by atoms with Crippen molar-refractivity contribution >= 4 is 17.4 Å². The van der Waals surface area contributed by atoms with Crippen LogP contribution in [0.1, 0.15) is 23.6 Å². The number of aliphatic hydroxyl groups is 1. The van der Waals surface area contributed by atoms with Crippen LogP contribution in [0.4, 0.5) is 4.39 Å². The maximum Gasteiger partial charge on any atom is 0.295 e. The van der Waals surface area contributed by atoms with Crippen LogP contribution in [0.2, 0.25) is 0 Å². The zero-order valence-corrected chi connectivity index (χ0v) is 16.1. The molecule has 0 bridgehead atoms. The van der Waals surface area contributed by atoms with E-state index in [4.69, 9.17) is 0 Å². The van der Waals surface area contributed by atoms with Crippen LogP contribution < -0.4 is 0 Å². The summed E-state index contributed by atoms with van der Waals surface area (Å²) in [6, 6.07) is 13.5. The lowest BCUT2D eigenvalue weighted by Gasteiger charge is -2.25. The van der Waals surface area contributed by atoms with Gasteiger partial charge in [0.05, 0.1) is 17.9 Å². The molecule has 1 atom stereocenters. The number of imidazole rings is 1. The first-order valence-corrected chi connectivity index (χ1v) is 9.62. The van der Waals surface area contributed by atoms with E-state index < -0.39 is 23.5 Å². The van der Waals surface area contributed by atoms with Crippen LogP contribution in [0.3, 0.4) is 0 Å². The third-order valence-electron chi connectivity index (χ3n) is 5.16. The lowest BCUT2D eigenvalue weighted by atomic mass is 9.95. The van der Waals surface area contributed by atoms with Crippen molar-refractivity contribution in [2.75, 3.05) is 6.54 Å². The van der Waals surface area contributed by atoms with Crippen molar-refractivity contribution in [1.82, 2.24) is 14.5 Å². The van der Waals surface area contributed by atoms with E-state index in [9.17, 15) is 19.1 Å². The number of benzene rings is 2. The average molecular weight is 405 g/mol. The highest BCUT2D eigenvalue weighted by Gasteiger charge is 2.46. The zero-order chi connectivity index (χ0) is 21.1. The first kappa shape index (κ1) is 19.6. The predicted molar refractivity (Wildman–Crippen MR) is 109 cm³/mol. The largest absolute Gasteiger partial charge is 0.507 e. The van der Waals surface area contributed by atoms with E-state index in [1.165, 1.54) is 17.0 Å². The molecule has 0 spiro atoms. The van der Waals surface area contributed by atoms with Gasteiger partial charge in [-0.3, -0.25) is 9.59 Å². The molecule has 1 aliphatic rings. The Morgan fingerprint density at radius 2 is 1.77 bits per heavy atom. The number of hydrogen-bond donors (Lipinski definition) is 1. The second-order valence-corrected chi connectivity index (χ2v) is 7.03. The van der Waals surface area contributed by atoms with Gasteiger partial charge in [0.1, 0.15) is 11.6 Å². The van der Waals surface area contributed by atoms with E-state index in [-0.39, 0.29) is 23.4 Å². The van der Waals surface area contributed by atoms with Gasteiger partial charge in [0.25, 0.3) is 11.7 Å². The number of rotatable bonds is 6. The normalized spacial score (nSPS) is 18.2. The van der Waals surface area contributed by atoms with Crippen LogP contribution in [0, 0.1) is 5.82 Å². The highest BCUT2D eigenvalue weighted by molar-refractivity contribution is 6.46. The summed E-state index contributed by atoms with van der Waals surface area (Å²) in [7, 11) is 0. The molecule has 1 aromatic heterocycles. The van der Waals surface area contributed by atoms with Crippen molar-refractivity contribution in [2.24, 2.45) is 0 Å². The Morgan fingerprint density at radius 1 is 1.03 bits per heavy atom. The number of likely N-dealkylation sites (tertiary alicyclic amines) is 1. The lowest BCUT2D eigenvalue weighted by Crippen LogP contribution is -2.31. The summed E-state index contributed by atoms with van der Waals surface area (Å²) >= 11 is 0. The minimum absolute atomic E-state index is 0.0982. The van der Waals surface area contributed by atoms with E-state index in [1.54, 1.807) is 61.2 Å². The van der Waals surface area contributed by atoms with E-state index in [0.717, 1.165) is 0 Å². The molecule has 0 radical (unpaired) electrons. The number of ketones is 1. The molecule has 1 saturated heterocycles. The molecule has 4 rings (SSSR count). The van der Waals surface area contributed by atoms with Crippen LogP contribution in [-0.2, 0) is 16.1 Å². The first-order chi connectivity index (χ1) is 14.6. The second kappa shape index (κ2) is 8.32. The van der Waals surface area contributed by atoms with Gasteiger partial charge >= 0.3 is 0 Å². The number of nitrogens with zero attached hydrogens (tertiary/aromatic N) is 3. The van der Waals surface area contributed by atoms with Crippen molar-refractivity contribution in [1.29, 1.82) is 0 Å². The van der Waals surface area contributed by atoms with Gasteiger partial charge in [-0.25, -0.2) is 9.37 Å². The monoisotopic (exact) mass is 405 g/mol. The van der Waals surface area contributed by atoms with Crippen LogP contribution >= 0.6 is 0 Å². The molecule has 0 aliphatic carbocycles. The zero-order valence-electron chi connectivity index (χ0n) is 16.1. The smallest absolute Gasteiger partial charge is 0.295 e. The SMILES string of the molecule is O=C1C(=O)N(CCCn2ccnc2)C(c2ccccc2F)/C1=C(\O)c1ccccc1. The fourth-order valence-electron chi connectivity index (χ4n) is 3.72. The molecule has 2 heterocycles. The fourth-order valence-corrected chi connectivity index (χ4v) is 3.72. The summed E-state index contributed by atoms with van der Waals surface area (Å²) in [5.41, 5.74) is 0.478. The van der Waals surface area contributed by atoms with Gasteiger partial charge in [0.15, 0.2) is 0 Å². The molecule has 1 amide bonds. The van der Waals surface area contributed by atoms with Gasteiger partial charge in [-0.15, -0.1) is 0 Å². The number of halogens is 1. The van der Waals surface area contributed by atoms with Crippen molar-refractivity contribution < 1.29 is 19.1 Å². The van der Waals surface area contributed by atoms with Gasteiger partial charge < -0.3 is 14.6 Å². The number of aliphatic hydroxyl groups excluding tert-OH is 1. The maximum absolute atomic E-state index is 14.7. The number of hydrogen-bond acceptors (Lipinski definition) is 4. The van der Waals surface area contributed by atoms with Gasteiger partial charge in [-0.2, -0.15) is 0 Å². The van der Waals surface area contributed by atoms with Crippen LogP contribution in [0.5, 0.6) is 0 Å². The molecular weight excluding hydrogens is 385 g/mol. The van der Waals surface area contributed by atoms with Gasteiger partial charge in [-0.05, 0) is 12.5 Å². The molecule has 3 aromatic rings. The summed E-state index contributed by atoms with van der Waals surface area (Å²) in [4.78, 5) is 31.0. The second-order valence-electron chi connectivity index (χ2n) is 7.03. The molecule has 7 heteroatoms. The Labute approximate surface area is 172 Å². The van der Waals surface area contributed by atoms with Crippen LogP contribution in [0.25, 0.3) is 5.76 Å². The van der Waals surface area contributed by atoms with E-state index in [0.29, 0.717) is 18.5 Å². The molecule has 6 nitrogen and oxygen atoms in total. The lowest BCUT2D eigenvalue weighted by molar-refractivity contribution is -0.140. The number of Topliss-reactive ketones (excluding diaryl/α,β-unsaturated/α-hetero) is 1. The Kier molecular flexibility index (Phi) is 5.43. The maximum atomic E-state index is 14.7. The summed E-state index contributed by atoms with van der Waals surface area (Å²) in [6.07, 6.45) is 5.67. The Balaban J connectivity index is 1.74. The fraction of sp³-hybridized carbons (Fsp3) is 0.174. The molecule has 1 fully saturated rings. The topological polar surface area (TPSA) is 75.4 Å². The van der Waals surface area contributed by atoms with Crippen LogP contribution in [-0.4, -0.2) is 37.8 Å². The quantitative estimate of drug-likeness (QED) is 0.387. The predicted octanol–water partition coefficient (Wildman–Crippen LogP) is 3.53. The van der Waals surface area contributed by atoms with Crippen LogP contribution in [0.15, 0.2) is 78.9 Å². The van der Waals surface area contributed by atoms with Gasteiger partial charge in [0.2, 0.25) is 0 Å². The molecule has 1 aliphatic heterocycles. The molecular formula is C23H20FN3O3. The molecule has 1 N–H and O–H groups in total. The highest BCUT2D eigenvalue weighted by Crippen LogP contribution is 2.40. The Morgan fingerprint density at radius 3 is 2.47 bits per heavy atom. The summed E-state index contributed by atoms with van der Waals surface area (Å²) in [6.45, 7) is 0.818. The van der Waals surface area contributed by atoms with E-state index in [2.05, 4.69) is 4.98 Å². The van der Waals surface area contributed by atoms with Crippen molar-refractivity contribution in [2.45, 2.75) is 19.0 Å². The first-order valence-electron chi connectivity index (χ1n) is 9.62. The number of carbonyl (C=O) groups is 2. The average Bonchev–Trinajstić information content (AvgIpc) is 3.37. The third kappa shape index (κ3) is 3.61. The number of aryl methyl sites for hydroxylation is 1. The Hall–Kier alpha value is -3.74. The van der Waals surface area contributed by atoms with E-state index >= 15 is 0 Å². The summed E-state index contributed by atoms with van der Waals surface area (Å²) in [5.74, 6) is -2.40.